The monoisotopic (exact) mass is 292 g/mol. The molecule has 1 aliphatic heterocycles. The normalized spacial score (nSPS) is 18.0. The molecule has 1 aromatic rings. The Morgan fingerprint density at radius 1 is 1.43 bits per heavy atom. The van der Waals surface area contributed by atoms with Crippen LogP contribution in [-0.4, -0.2) is 58.6 Å². The standard InChI is InChI=1S/C13H16N4O4/c18-11-8-17(10(7-16-11)12(19)20)13(21)15-6-3-9-1-4-14-5-2-9/h1-2,4-5,10H,3,6-8H2,(H,15,21)(H,16,18)(H,19,20). The first-order valence-electron chi connectivity index (χ1n) is 6.51. The Hall–Kier alpha value is -2.64. The minimum Gasteiger partial charge on any atom is -0.480 e. The number of aromatic nitrogens is 1. The van der Waals surface area contributed by atoms with E-state index in [-0.39, 0.29) is 19.0 Å². The SMILES string of the molecule is O=C1CN(C(=O)NCCc2ccncc2)C(C(=O)O)CN1. The number of carboxylic acids is 1. The van der Waals surface area contributed by atoms with Crippen LogP contribution in [0.25, 0.3) is 0 Å². The molecule has 3 N–H and O–H groups in total. The molecule has 1 fully saturated rings. The predicted octanol–water partition coefficient (Wildman–Crippen LogP) is -0.781. The second kappa shape index (κ2) is 6.69. The number of nitrogens with zero attached hydrogens (tertiary/aromatic N) is 2. The Kier molecular flexibility index (Phi) is 4.70. The highest BCUT2D eigenvalue weighted by atomic mass is 16.4. The van der Waals surface area contributed by atoms with Gasteiger partial charge in [-0.2, -0.15) is 0 Å². The highest BCUT2D eigenvalue weighted by Gasteiger charge is 2.34. The largest absolute Gasteiger partial charge is 0.480 e. The number of urea groups is 1. The van der Waals surface area contributed by atoms with Gasteiger partial charge in [0.2, 0.25) is 5.91 Å². The number of nitrogens with one attached hydrogen (secondary N) is 2. The van der Waals surface area contributed by atoms with Gasteiger partial charge in [-0.25, -0.2) is 9.59 Å². The summed E-state index contributed by atoms with van der Waals surface area (Å²) in [7, 11) is 0. The van der Waals surface area contributed by atoms with E-state index in [9.17, 15) is 14.4 Å². The quantitative estimate of drug-likeness (QED) is 0.674. The van der Waals surface area contributed by atoms with Crippen molar-refractivity contribution >= 4 is 17.9 Å². The van der Waals surface area contributed by atoms with Crippen LogP contribution in [0.4, 0.5) is 4.79 Å². The van der Waals surface area contributed by atoms with Crippen molar-refractivity contribution in [2.45, 2.75) is 12.5 Å². The molecule has 112 valence electrons. The maximum absolute atomic E-state index is 12.0. The number of rotatable bonds is 4. The Morgan fingerprint density at radius 2 is 2.14 bits per heavy atom. The van der Waals surface area contributed by atoms with Crippen LogP contribution in [0.15, 0.2) is 24.5 Å². The second-order valence-corrected chi connectivity index (χ2v) is 4.62. The number of hydrogen-bond donors (Lipinski definition) is 3. The summed E-state index contributed by atoms with van der Waals surface area (Å²) in [6, 6.07) is 2.08. The van der Waals surface area contributed by atoms with Crippen LogP contribution >= 0.6 is 0 Å². The van der Waals surface area contributed by atoms with E-state index in [4.69, 9.17) is 5.11 Å². The van der Waals surface area contributed by atoms with Crippen LogP contribution in [0, 0.1) is 0 Å². The minimum atomic E-state index is -1.14. The predicted molar refractivity (Wildman–Crippen MR) is 72.5 cm³/mol. The third-order valence-corrected chi connectivity index (χ3v) is 3.17. The van der Waals surface area contributed by atoms with Gasteiger partial charge in [0.05, 0.1) is 0 Å². The zero-order valence-electron chi connectivity index (χ0n) is 11.3. The van der Waals surface area contributed by atoms with Crippen molar-refractivity contribution in [3.05, 3.63) is 30.1 Å². The first-order chi connectivity index (χ1) is 10.1. The molecule has 1 saturated heterocycles. The number of hydrogen-bond acceptors (Lipinski definition) is 4. The molecule has 2 heterocycles. The molecule has 21 heavy (non-hydrogen) atoms. The third-order valence-electron chi connectivity index (χ3n) is 3.17. The summed E-state index contributed by atoms with van der Waals surface area (Å²) in [5, 5.41) is 14.1. The lowest BCUT2D eigenvalue weighted by atomic mass is 10.2. The van der Waals surface area contributed by atoms with E-state index in [0.717, 1.165) is 10.5 Å². The van der Waals surface area contributed by atoms with Crippen molar-refractivity contribution in [1.82, 2.24) is 20.5 Å². The van der Waals surface area contributed by atoms with Gasteiger partial charge in [-0.3, -0.25) is 14.7 Å². The molecule has 0 bridgehead atoms. The molecule has 8 nitrogen and oxygen atoms in total. The molecule has 0 spiro atoms. The van der Waals surface area contributed by atoms with Gasteiger partial charge >= 0.3 is 12.0 Å². The molecule has 0 aromatic carbocycles. The summed E-state index contributed by atoms with van der Waals surface area (Å²) < 4.78 is 0. The van der Waals surface area contributed by atoms with Crippen molar-refractivity contribution in [1.29, 1.82) is 0 Å². The van der Waals surface area contributed by atoms with Gasteiger partial charge in [0.25, 0.3) is 0 Å². The van der Waals surface area contributed by atoms with Crippen LogP contribution in [0.1, 0.15) is 5.56 Å². The molecule has 0 aliphatic carbocycles. The zero-order valence-corrected chi connectivity index (χ0v) is 11.3. The van der Waals surface area contributed by atoms with Gasteiger partial charge in [-0.05, 0) is 24.1 Å². The molecule has 1 aromatic heterocycles. The van der Waals surface area contributed by atoms with Crippen LogP contribution in [0.5, 0.6) is 0 Å². The highest BCUT2D eigenvalue weighted by Crippen LogP contribution is 2.05. The van der Waals surface area contributed by atoms with E-state index in [1.54, 1.807) is 12.4 Å². The fourth-order valence-corrected chi connectivity index (χ4v) is 2.04. The Balaban J connectivity index is 1.88. The van der Waals surface area contributed by atoms with E-state index >= 15 is 0 Å². The zero-order chi connectivity index (χ0) is 15.2. The number of piperazine rings is 1. The summed E-state index contributed by atoms with van der Waals surface area (Å²) in [5.74, 6) is -1.50. The lowest BCUT2D eigenvalue weighted by Gasteiger charge is -2.32. The maximum Gasteiger partial charge on any atom is 0.328 e. The number of aliphatic carboxylic acids is 1. The Bertz CT molecular complexity index is 534. The average Bonchev–Trinajstić information content (AvgIpc) is 2.47. The molecule has 1 aliphatic rings. The summed E-state index contributed by atoms with van der Waals surface area (Å²) in [6.07, 6.45) is 3.92. The van der Waals surface area contributed by atoms with Crippen LogP contribution in [-0.2, 0) is 16.0 Å². The van der Waals surface area contributed by atoms with Crippen molar-refractivity contribution in [2.75, 3.05) is 19.6 Å². The number of amides is 3. The van der Waals surface area contributed by atoms with E-state index in [1.165, 1.54) is 0 Å². The van der Waals surface area contributed by atoms with Crippen molar-refractivity contribution in [3.63, 3.8) is 0 Å². The van der Waals surface area contributed by atoms with Gasteiger partial charge in [-0.1, -0.05) is 0 Å². The molecular formula is C13H16N4O4. The molecular weight excluding hydrogens is 276 g/mol. The van der Waals surface area contributed by atoms with E-state index in [0.29, 0.717) is 13.0 Å². The summed E-state index contributed by atoms with van der Waals surface area (Å²) >= 11 is 0. The maximum atomic E-state index is 12.0. The highest BCUT2D eigenvalue weighted by molar-refractivity contribution is 5.90. The second-order valence-electron chi connectivity index (χ2n) is 4.62. The summed E-state index contributed by atoms with van der Waals surface area (Å²) in [6.45, 7) is 0.0251. The topological polar surface area (TPSA) is 112 Å². The van der Waals surface area contributed by atoms with Crippen LogP contribution in [0.3, 0.4) is 0 Å². The number of carbonyl (C=O) groups excluding carboxylic acids is 2. The van der Waals surface area contributed by atoms with Crippen LogP contribution < -0.4 is 10.6 Å². The molecule has 2 rings (SSSR count). The molecule has 8 heteroatoms. The Labute approximate surface area is 121 Å². The van der Waals surface area contributed by atoms with Crippen LogP contribution in [0.2, 0.25) is 0 Å². The molecule has 1 atom stereocenters. The van der Waals surface area contributed by atoms with E-state index in [2.05, 4.69) is 15.6 Å². The van der Waals surface area contributed by atoms with Crippen molar-refractivity contribution in [3.8, 4) is 0 Å². The fourth-order valence-electron chi connectivity index (χ4n) is 2.04. The van der Waals surface area contributed by atoms with Gasteiger partial charge in [0.15, 0.2) is 0 Å². The molecule has 1 unspecified atom stereocenters. The molecule has 3 amide bonds. The lowest BCUT2D eigenvalue weighted by molar-refractivity contribution is -0.144. The van der Waals surface area contributed by atoms with Gasteiger partial charge in [0, 0.05) is 25.5 Å². The summed E-state index contributed by atoms with van der Waals surface area (Å²) in [5.41, 5.74) is 1.01. The van der Waals surface area contributed by atoms with Crippen molar-refractivity contribution < 1.29 is 19.5 Å². The Morgan fingerprint density at radius 3 is 2.81 bits per heavy atom. The van der Waals surface area contributed by atoms with Gasteiger partial charge in [-0.15, -0.1) is 0 Å². The van der Waals surface area contributed by atoms with E-state index < -0.39 is 18.0 Å². The van der Waals surface area contributed by atoms with E-state index in [1.807, 2.05) is 12.1 Å². The number of pyridine rings is 1. The van der Waals surface area contributed by atoms with Gasteiger partial charge in [0.1, 0.15) is 12.6 Å². The fraction of sp³-hybridized carbons (Fsp3) is 0.385. The summed E-state index contributed by atoms with van der Waals surface area (Å²) in [4.78, 5) is 39.3. The number of carboxylic acid groups (broad SMARTS) is 1. The average molecular weight is 292 g/mol. The minimum absolute atomic E-state index is 0.0774. The number of carbonyl (C=O) groups is 3. The lowest BCUT2D eigenvalue weighted by Crippen LogP contribution is -2.61. The molecule has 0 radical (unpaired) electrons. The third kappa shape index (κ3) is 3.91. The smallest absolute Gasteiger partial charge is 0.328 e. The first-order valence-corrected chi connectivity index (χ1v) is 6.51. The van der Waals surface area contributed by atoms with Crippen molar-refractivity contribution in [2.24, 2.45) is 0 Å². The molecule has 0 saturated carbocycles. The first kappa shape index (κ1) is 14.8. The van der Waals surface area contributed by atoms with Gasteiger partial charge < -0.3 is 15.7 Å².